The molecule has 3 aromatic rings. The van der Waals surface area contributed by atoms with Gasteiger partial charge in [-0.25, -0.2) is 4.79 Å². The van der Waals surface area contributed by atoms with E-state index in [0.29, 0.717) is 39.7 Å². The predicted octanol–water partition coefficient (Wildman–Crippen LogP) is 5.07. The van der Waals surface area contributed by atoms with Crippen LogP contribution in [0.25, 0.3) is 11.1 Å². The Kier molecular flexibility index (Phi) is 6.49. The standard InChI is InChI=1S/C24H20O6/c1-4-23(26)30-22-7-5-6-21(29-18-10-8-16(15-25)9-11-18)24(22)17-12-19(27-2)14-20(13-17)28-3/h4-15H,1H2,2-3H3. The molecule has 0 saturated carbocycles. The quantitative estimate of drug-likeness (QED) is 0.226. The average Bonchev–Trinajstić information content (AvgIpc) is 2.79. The Bertz CT molecular complexity index is 1050. The van der Waals surface area contributed by atoms with E-state index in [1.54, 1.807) is 74.9 Å². The van der Waals surface area contributed by atoms with Gasteiger partial charge in [0, 0.05) is 17.7 Å². The van der Waals surface area contributed by atoms with Gasteiger partial charge in [0.2, 0.25) is 0 Å². The predicted molar refractivity (Wildman–Crippen MR) is 113 cm³/mol. The van der Waals surface area contributed by atoms with Crippen LogP contribution in [0.3, 0.4) is 0 Å². The number of benzene rings is 3. The van der Waals surface area contributed by atoms with Gasteiger partial charge in [-0.05, 0) is 54.1 Å². The van der Waals surface area contributed by atoms with Crippen LogP contribution in [0.15, 0.2) is 73.3 Å². The van der Waals surface area contributed by atoms with Crippen LogP contribution in [0.5, 0.6) is 28.7 Å². The summed E-state index contributed by atoms with van der Waals surface area (Å²) in [5, 5.41) is 0. The smallest absolute Gasteiger partial charge is 0.335 e. The van der Waals surface area contributed by atoms with Crippen molar-refractivity contribution in [3.05, 3.63) is 78.9 Å². The molecule has 3 aromatic carbocycles. The van der Waals surface area contributed by atoms with Gasteiger partial charge in [0.15, 0.2) is 0 Å². The summed E-state index contributed by atoms with van der Waals surface area (Å²) in [5.41, 5.74) is 1.73. The Hall–Kier alpha value is -4.06. The lowest BCUT2D eigenvalue weighted by atomic mass is 10.0. The van der Waals surface area contributed by atoms with Crippen LogP contribution in [-0.2, 0) is 4.79 Å². The van der Waals surface area contributed by atoms with Crippen LogP contribution in [0.1, 0.15) is 10.4 Å². The zero-order valence-corrected chi connectivity index (χ0v) is 16.6. The molecule has 0 aliphatic rings. The first-order valence-electron chi connectivity index (χ1n) is 9.01. The molecule has 0 aliphatic heterocycles. The monoisotopic (exact) mass is 404 g/mol. The van der Waals surface area contributed by atoms with Crippen molar-refractivity contribution < 1.29 is 28.5 Å². The van der Waals surface area contributed by atoms with Gasteiger partial charge in [-0.3, -0.25) is 4.79 Å². The number of esters is 1. The Morgan fingerprint density at radius 1 is 0.867 bits per heavy atom. The molecule has 0 aromatic heterocycles. The molecule has 3 rings (SSSR count). The van der Waals surface area contributed by atoms with Crippen molar-refractivity contribution in [3.63, 3.8) is 0 Å². The number of carbonyl (C=O) groups excluding carboxylic acids is 2. The third-order valence-corrected chi connectivity index (χ3v) is 4.25. The van der Waals surface area contributed by atoms with E-state index in [-0.39, 0.29) is 5.75 Å². The lowest BCUT2D eigenvalue weighted by Crippen LogP contribution is -2.05. The van der Waals surface area contributed by atoms with E-state index in [9.17, 15) is 9.59 Å². The van der Waals surface area contributed by atoms with Crippen molar-refractivity contribution in [2.45, 2.75) is 0 Å². The van der Waals surface area contributed by atoms with Gasteiger partial charge in [0.1, 0.15) is 35.0 Å². The summed E-state index contributed by atoms with van der Waals surface area (Å²) in [6.45, 7) is 3.45. The summed E-state index contributed by atoms with van der Waals surface area (Å²) in [6, 6.07) is 17.1. The zero-order chi connectivity index (χ0) is 21.5. The molecule has 0 unspecified atom stereocenters. The summed E-state index contributed by atoms with van der Waals surface area (Å²) in [6.07, 6.45) is 1.84. The SMILES string of the molecule is C=CC(=O)Oc1cccc(Oc2ccc(C=O)cc2)c1-c1cc(OC)cc(OC)c1. The lowest BCUT2D eigenvalue weighted by Gasteiger charge is -2.16. The maximum atomic E-state index is 11.9. The Morgan fingerprint density at radius 2 is 1.50 bits per heavy atom. The normalized spacial score (nSPS) is 10.1. The molecule has 6 nitrogen and oxygen atoms in total. The third kappa shape index (κ3) is 4.67. The topological polar surface area (TPSA) is 71.1 Å². The van der Waals surface area contributed by atoms with Crippen molar-refractivity contribution in [2.75, 3.05) is 14.2 Å². The highest BCUT2D eigenvalue weighted by molar-refractivity contribution is 5.87. The largest absolute Gasteiger partial charge is 0.497 e. The van der Waals surface area contributed by atoms with Crippen LogP contribution >= 0.6 is 0 Å². The first-order valence-corrected chi connectivity index (χ1v) is 9.01. The van der Waals surface area contributed by atoms with Gasteiger partial charge in [-0.1, -0.05) is 12.6 Å². The van der Waals surface area contributed by atoms with Crippen molar-refractivity contribution in [2.24, 2.45) is 0 Å². The summed E-state index contributed by atoms with van der Waals surface area (Å²) in [4.78, 5) is 22.8. The molecule has 0 N–H and O–H groups in total. The molecule has 0 amide bonds. The minimum absolute atomic E-state index is 0.289. The maximum Gasteiger partial charge on any atom is 0.335 e. The minimum Gasteiger partial charge on any atom is -0.497 e. The van der Waals surface area contributed by atoms with Gasteiger partial charge in [-0.2, -0.15) is 0 Å². The third-order valence-electron chi connectivity index (χ3n) is 4.25. The van der Waals surface area contributed by atoms with E-state index in [1.807, 2.05) is 0 Å². The van der Waals surface area contributed by atoms with E-state index in [1.165, 1.54) is 0 Å². The molecular weight excluding hydrogens is 384 g/mol. The second-order valence-corrected chi connectivity index (χ2v) is 6.14. The molecule has 0 heterocycles. The first-order chi connectivity index (χ1) is 14.6. The number of hydrogen-bond acceptors (Lipinski definition) is 6. The Labute approximate surface area is 174 Å². The number of rotatable bonds is 8. The second-order valence-electron chi connectivity index (χ2n) is 6.14. The zero-order valence-electron chi connectivity index (χ0n) is 16.6. The summed E-state index contributed by atoms with van der Waals surface area (Å²) in [5.74, 6) is 1.78. The molecule has 0 spiro atoms. The summed E-state index contributed by atoms with van der Waals surface area (Å²) < 4.78 is 22.2. The van der Waals surface area contributed by atoms with Gasteiger partial charge >= 0.3 is 5.97 Å². The Morgan fingerprint density at radius 3 is 2.07 bits per heavy atom. The molecule has 0 atom stereocenters. The average molecular weight is 404 g/mol. The number of ether oxygens (including phenoxy) is 4. The molecule has 0 aliphatic carbocycles. The molecule has 30 heavy (non-hydrogen) atoms. The van der Waals surface area contributed by atoms with Crippen LogP contribution in [0.4, 0.5) is 0 Å². The molecule has 152 valence electrons. The summed E-state index contributed by atoms with van der Waals surface area (Å²) in [7, 11) is 3.10. The van der Waals surface area contributed by atoms with E-state index in [2.05, 4.69) is 6.58 Å². The molecular formula is C24H20O6. The highest BCUT2D eigenvalue weighted by atomic mass is 16.5. The fourth-order valence-electron chi connectivity index (χ4n) is 2.81. The summed E-state index contributed by atoms with van der Waals surface area (Å²) >= 11 is 0. The van der Waals surface area contributed by atoms with Crippen molar-refractivity contribution >= 4 is 12.3 Å². The molecule has 0 radical (unpaired) electrons. The van der Waals surface area contributed by atoms with Crippen LogP contribution in [0, 0.1) is 0 Å². The van der Waals surface area contributed by atoms with E-state index in [4.69, 9.17) is 18.9 Å². The minimum atomic E-state index is -0.599. The van der Waals surface area contributed by atoms with E-state index < -0.39 is 5.97 Å². The number of hydrogen-bond donors (Lipinski definition) is 0. The fourth-order valence-corrected chi connectivity index (χ4v) is 2.81. The van der Waals surface area contributed by atoms with Gasteiger partial charge in [0.25, 0.3) is 0 Å². The maximum absolute atomic E-state index is 11.9. The molecule has 6 heteroatoms. The number of aldehydes is 1. The van der Waals surface area contributed by atoms with Crippen LogP contribution < -0.4 is 18.9 Å². The Balaban J connectivity index is 2.15. The molecule has 0 fully saturated rings. The fraction of sp³-hybridized carbons (Fsp3) is 0.0833. The second kappa shape index (κ2) is 9.43. The van der Waals surface area contributed by atoms with Crippen molar-refractivity contribution in [1.82, 2.24) is 0 Å². The molecule has 0 bridgehead atoms. The van der Waals surface area contributed by atoms with Crippen molar-refractivity contribution in [3.8, 4) is 39.9 Å². The highest BCUT2D eigenvalue weighted by Gasteiger charge is 2.18. The number of carbonyl (C=O) groups is 2. The van der Waals surface area contributed by atoms with Crippen LogP contribution in [0.2, 0.25) is 0 Å². The number of methoxy groups -OCH3 is 2. The van der Waals surface area contributed by atoms with Gasteiger partial charge in [-0.15, -0.1) is 0 Å². The van der Waals surface area contributed by atoms with Crippen molar-refractivity contribution in [1.29, 1.82) is 0 Å². The van der Waals surface area contributed by atoms with E-state index in [0.717, 1.165) is 12.4 Å². The van der Waals surface area contributed by atoms with Crippen LogP contribution in [-0.4, -0.2) is 26.5 Å². The lowest BCUT2D eigenvalue weighted by molar-refractivity contribution is -0.128. The van der Waals surface area contributed by atoms with E-state index >= 15 is 0 Å². The highest BCUT2D eigenvalue weighted by Crippen LogP contribution is 2.43. The molecule has 0 saturated heterocycles. The van der Waals surface area contributed by atoms with Gasteiger partial charge < -0.3 is 18.9 Å². The first kappa shape index (κ1) is 20.7. The van der Waals surface area contributed by atoms with Gasteiger partial charge in [0.05, 0.1) is 19.8 Å².